The third-order valence-electron chi connectivity index (χ3n) is 6.46. The van der Waals surface area contributed by atoms with Gasteiger partial charge in [-0.15, -0.1) is 12.4 Å². The van der Waals surface area contributed by atoms with Crippen LogP contribution in [0.4, 0.5) is 0 Å². The van der Waals surface area contributed by atoms with Crippen molar-refractivity contribution in [1.29, 1.82) is 5.41 Å². The Bertz CT molecular complexity index is 1140. The molecule has 0 saturated carbocycles. The van der Waals surface area contributed by atoms with Gasteiger partial charge in [-0.05, 0) is 30.7 Å². The van der Waals surface area contributed by atoms with E-state index in [1.54, 1.807) is 29.2 Å². The second-order valence-electron chi connectivity index (χ2n) is 8.87. The number of esters is 1. The van der Waals surface area contributed by atoms with Crippen molar-refractivity contribution in [2.75, 3.05) is 46.6 Å². The molecule has 2 saturated heterocycles. The fourth-order valence-electron chi connectivity index (χ4n) is 4.36. The number of hydrogen-bond donors (Lipinski definition) is 2. The number of amidine groups is 1. The number of halogens is 1. The average Bonchev–Trinajstić information content (AvgIpc) is 3.21. The fraction of sp³-hybridized carbons (Fsp3) is 0.440. The standard InChI is InChI=1S/C25H30N6O6.ClH/c1-35-22(33)11-17-10-19(31(25(17)34)14-21(32)30-6-8-36-9-7-30)15-37-20-4-2-16(3-5-20)24-28-12-18(13-29-24)23(26)27;/h2-5,12-13,17,19H,6-11,14-15H2,1H3,(H3,26,27);1H/t17-,19-;/m0./s1. The second kappa shape index (κ2) is 13.2. The molecule has 0 aliphatic carbocycles. The molecule has 2 fully saturated rings. The highest BCUT2D eigenvalue weighted by atomic mass is 35.5. The number of ether oxygens (including phenoxy) is 3. The lowest BCUT2D eigenvalue weighted by Gasteiger charge is -2.30. The smallest absolute Gasteiger partial charge is 0.306 e. The van der Waals surface area contributed by atoms with Crippen LogP contribution in [0.3, 0.4) is 0 Å². The van der Waals surface area contributed by atoms with Gasteiger partial charge in [0.05, 0.1) is 44.3 Å². The number of nitrogens with zero attached hydrogens (tertiary/aromatic N) is 4. The Kier molecular flexibility index (Phi) is 9.97. The van der Waals surface area contributed by atoms with Crippen LogP contribution in [-0.2, 0) is 23.9 Å². The van der Waals surface area contributed by atoms with Gasteiger partial charge in [0, 0.05) is 31.0 Å². The highest BCUT2D eigenvalue weighted by Gasteiger charge is 2.42. The first kappa shape index (κ1) is 28.8. The van der Waals surface area contributed by atoms with Gasteiger partial charge in [0.15, 0.2) is 5.82 Å². The van der Waals surface area contributed by atoms with Crippen molar-refractivity contribution in [3.63, 3.8) is 0 Å². The first-order valence-corrected chi connectivity index (χ1v) is 12.0. The monoisotopic (exact) mass is 546 g/mol. The summed E-state index contributed by atoms with van der Waals surface area (Å²) in [5, 5.41) is 7.44. The van der Waals surface area contributed by atoms with Crippen LogP contribution in [0, 0.1) is 11.3 Å². The molecule has 2 aromatic rings. The number of nitrogens with two attached hydrogens (primary N) is 1. The number of hydrogen-bond acceptors (Lipinski definition) is 9. The van der Waals surface area contributed by atoms with E-state index in [1.807, 2.05) is 0 Å². The van der Waals surface area contributed by atoms with Gasteiger partial charge < -0.3 is 29.7 Å². The zero-order chi connectivity index (χ0) is 26.4. The number of carbonyl (C=O) groups is 3. The molecule has 1 aromatic heterocycles. The molecular formula is C25H31ClN6O6. The predicted octanol–water partition coefficient (Wildman–Crippen LogP) is 0.867. The minimum atomic E-state index is -0.559. The van der Waals surface area contributed by atoms with E-state index in [9.17, 15) is 14.4 Å². The Morgan fingerprint density at radius 1 is 1.16 bits per heavy atom. The molecule has 0 spiro atoms. The summed E-state index contributed by atoms with van der Waals surface area (Å²) in [6, 6.07) is 6.77. The first-order valence-electron chi connectivity index (χ1n) is 12.0. The molecular weight excluding hydrogens is 516 g/mol. The van der Waals surface area contributed by atoms with Crippen LogP contribution >= 0.6 is 12.4 Å². The van der Waals surface area contributed by atoms with Crippen LogP contribution < -0.4 is 10.5 Å². The molecule has 1 aromatic carbocycles. The number of nitrogens with one attached hydrogen (secondary N) is 1. The zero-order valence-electron chi connectivity index (χ0n) is 21.0. The number of amides is 2. The third-order valence-corrected chi connectivity index (χ3v) is 6.46. The maximum Gasteiger partial charge on any atom is 0.306 e. The molecule has 0 unspecified atom stereocenters. The fourth-order valence-corrected chi connectivity index (χ4v) is 4.36. The van der Waals surface area contributed by atoms with Gasteiger partial charge in [-0.3, -0.25) is 19.8 Å². The lowest BCUT2D eigenvalue weighted by Crippen LogP contribution is -2.48. The lowest BCUT2D eigenvalue weighted by molar-refractivity contribution is -0.146. The normalized spacial score (nSPS) is 19.0. The largest absolute Gasteiger partial charge is 0.491 e. The number of methoxy groups -OCH3 is 1. The van der Waals surface area contributed by atoms with Gasteiger partial charge in [0.2, 0.25) is 11.8 Å². The van der Waals surface area contributed by atoms with E-state index in [-0.39, 0.29) is 55.7 Å². The summed E-state index contributed by atoms with van der Waals surface area (Å²) < 4.78 is 16.0. The van der Waals surface area contributed by atoms with Gasteiger partial charge in [-0.2, -0.15) is 0 Å². The molecule has 12 nitrogen and oxygen atoms in total. The summed E-state index contributed by atoms with van der Waals surface area (Å²) in [7, 11) is 1.29. The van der Waals surface area contributed by atoms with E-state index in [0.717, 1.165) is 5.56 Å². The van der Waals surface area contributed by atoms with E-state index in [1.165, 1.54) is 24.4 Å². The van der Waals surface area contributed by atoms with E-state index in [4.69, 9.17) is 25.4 Å². The molecule has 0 bridgehead atoms. The summed E-state index contributed by atoms with van der Waals surface area (Å²) in [6.07, 6.45) is 3.33. The molecule has 3 N–H and O–H groups in total. The molecule has 38 heavy (non-hydrogen) atoms. The molecule has 2 aliphatic heterocycles. The Labute approximate surface area is 226 Å². The van der Waals surface area contributed by atoms with Crippen molar-refractivity contribution in [1.82, 2.24) is 19.8 Å². The van der Waals surface area contributed by atoms with Crippen LogP contribution in [0.15, 0.2) is 36.7 Å². The summed E-state index contributed by atoms with van der Waals surface area (Å²) in [5.74, 6) is -0.466. The summed E-state index contributed by atoms with van der Waals surface area (Å²) in [6.45, 7) is 2.01. The minimum Gasteiger partial charge on any atom is -0.491 e. The van der Waals surface area contributed by atoms with Crippen molar-refractivity contribution in [2.45, 2.75) is 18.9 Å². The number of morpholine rings is 1. The molecule has 2 amide bonds. The summed E-state index contributed by atoms with van der Waals surface area (Å²) >= 11 is 0. The Morgan fingerprint density at radius 3 is 2.42 bits per heavy atom. The van der Waals surface area contributed by atoms with Gasteiger partial charge in [-0.25, -0.2) is 9.97 Å². The van der Waals surface area contributed by atoms with Crippen molar-refractivity contribution in [3.05, 3.63) is 42.2 Å². The van der Waals surface area contributed by atoms with E-state index in [2.05, 4.69) is 9.97 Å². The quantitative estimate of drug-likeness (QED) is 0.264. The maximum absolute atomic E-state index is 13.1. The molecule has 2 aliphatic rings. The number of nitrogen functional groups attached to an aromatic ring is 1. The second-order valence-corrected chi connectivity index (χ2v) is 8.87. The Hall–Kier alpha value is -3.77. The van der Waals surface area contributed by atoms with Gasteiger partial charge in [0.25, 0.3) is 0 Å². The first-order chi connectivity index (χ1) is 17.9. The molecule has 3 heterocycles. The number of aromatic nitrogens is 2. The number of benzene rings is 1. The number of rotatable bonds is 9. The minimum absolute atomic E-state index is 0. The van der Waals surface area contributed by atoms with Crippen LogP contribution in [0.25, 0.3) is 11.4 Å². The summed E-state index contributed by atoms with van der Waals surface area (Å²) in [5.41, 5.74) is 6.64. The van der Waals surface area contributed by atoms with Crippen molar-refractivity contribution in [3.8, 4) is 17.1 Å². The van der Waals surface area contributed by atoms with Crippen molar-refractivity contribution < 1.29 is 28.6 Å². The molecule has 0 radical (unpaired) electrons. The molecule has 204 valence electrons. The average molecular weight is 547 g/mol. The third kappa shape index (κ3) is 6.95. The van der Waals surface area contributed by atoms with Gasteiger partial charge >= 0.3 is 5.97 Å². The van der Waals surface area contributed by atoms with Crippen LogP contribution in [0.2, 0.25) is 0 Å². The molecule has 13 heteroatoms. The van der Waals surface area contributed by atoms with Crippen LogP contribution in [-0.4, -0.2) is 96.0 Å². The van der Waals surface area contributed by atoms with E-state index < -0.39 is 11.9 Å². The SMILES string of the molecule is COC(=O)C[C@@H]1C[C@@H](COc2ccc(-c3ncc(C(=N)N)cn3)cc2)N(CC(=O)N2CCOCC2)C1=O.Cl. The summed E-state index contributed by atoms with van der Waals surface area (Å²) in [4.78, 5) is 49.5. The topological polar surface area (TPSA) is 161 Å². The van der Waals surface area contributed by atoms with Crippen molar-refractivity contribution >= 4 is 36.0 Å². The Balaban J connectivity index is 0.00000400. The lowest BCUT2D eigenvalue weighted by atomic mass is 10.0. The van der Waals surface area contributed by atoms with Gasteiger partial charge in [0.1, 0.15) is 24.7 Å². The molecule has 2 atom stereocenters. The predicted molar refractivity (Wildman–Crippen MR) is 139 cm³/mol. The van der Waals surface area contributed by atoms with E-state index >= 15 is 0 Å². The molecule has 4 rings (SSSR count). The van der Waals surface area contributed by atoms with Crippen molar-refractivity contribution in [2.24, 2.45) is 11.7 Å². The van der Waals surface area contributed by atoms with Crippen LogP contribution in [0.5, 0.6) is 5.75 Å². The number of carbonyl (C=O) groups excluding carboxylic acids is 3. The number of likely N-dealkylation sites (tertiary alicyclic amines) is 1. The van der Waals surface area contributed by atoms with Crippen LogP contribution in [0.1, 0.15) is 18.4 Å². The Morgan fingerprint density at radius 2 is 1.82 bits per heavy atom. The van der Waals surface area contributed by atoms with Gasteiger partial charge in [-0.1, -0.05) is 0 Å². The maximum atomic E-state index is 13.1. The highest BCUT2D eigenvalue weighted by molar-refractivity contribution is 5.94. The highest BCUT2D eigenvalue weighted by Crippen LogP contribution is 2.29. The zero-order valence-corrected chi connectivity index (χ0v) is 21.8. The van der Waals surface area contributed by atoms with E-state index in [0.29, 0.717) is 49.9 Å².